The third-order valence-electron chi connectivity index (χ3n) is 5.56. The quantitative estimate of drug-likeness (QED) is 0.784. The van der Waals surface area contributed by atoms with Crippen LogP contribution in [-0.4, -0.2) is 54.1 Å². The number of benzene rings is 1. The molecule has 3 aliphatic heterocycles. The standard InChI is InChI=1S/C21H28N4O4/c1-13-19(26)23-22-18-12-28-17-6-5-15(11-16(17)25(13)18)14-7-9-24(10-8-14)20(27)29-21(2,3)4/h5-6,11,13-14H,7-10,12H2,1-4H3,(H,23,26)/t13-/m1/s1. The number of nitrogens with zero attached hydrogens (tertiary/aromatic N) is 3. The van der Waals surface area contributed by atoms with Gasteiger partial charge in [0.2, 0.25) is 0 Å². The van der Waals surface area contributed by atoms with Gasteiger partial charge in [-0.2, -0.15) is 5.10 Å². The number of nitrogens with one attached hydrogen (secondary N) is 1. The maximum absolute atomic E-state index is 12.3. The van der Waals surface area contributed by atoms with Gasteiger partial charge >= 0.3 is 6.09 Å². The number of rotatable bonds is 1. The summed E-state index contributed by atoms with van der Waals surface area (Å²) in [6.45, 7) is 9.19. The second-order valence-corrected chi connectivity index (χ2v) is 8.81. The molecule has 0 radical (unpaired) electrons. The Balaban J connectivity index is 1.49. The van der Waals surface area contributed by atoms with Crippen LogP contribution in [-0.2, 0) is 9.53 Å². The molecule has 1 atom stereocenters. The number of fused-ring (bicyclic) bond motifs is 3. The largest absolute Gasteiger partial charge is 0.483 e. The summed E-state index contributed by atoms with van der Waals surface area (Å²) in [5.74, 6) is 1.69. The van der Waals surface area contributed by atoms with Crippen LogP contribution in [0.15, 0.2) is 23.3 Å². The molecule has 29 heavy (non-hydrogen) atoms. The van der Waals surface area contributed by atoms with Gasteiger partial charge in [0, 0.05) is 13.1 Å². The van der Waals surface area contributed by atoms with Crippen molar-refractivity contribution in [3.05, 3.63) is 23.8 Å². The average molecular weight is 400 g/mol. The SMILES string of the molecule is C[C@@H]1C(=O)NN=C2COc3ccc(C4CCN(C(=O)OC(C)(C)C)CC4)cc3N21. The van der Waals surface area contributed by atoms with E-state index in [4.69, 9.17) is 9.47 Å². The summed E-state index contributed by atoms with van der Waals surface area (Å²) in [6.07, 6.45) is 1.50. The van der Waals surface area contributed by atoms with Gasteiger partial charge in [-0.05, 0) is 64.2 Å². The minimum Gasteiger partial charge on any atom is -0.483 e. The van der Waals surface area contributed by atoms with Crippen molar-refractivity contribution in [3.8, 4) is 5.75 Å². The Morgan fingerprint density at radius 2 is 2.00 bits per heavy atom. The van der Waals surface area contributed by atoms with E-state index in [0.717, 1.165) is 24.3 Å². The number of ether oxygens (including phenoxy) is 2. The van der Waals surface area contributed by atoms with E-state index in [2.05, 4.69) is 22.7 Å². The zero-order valence-corrected chi connectivity index (χ0v) is 17.4. The Labute approximate surface area is 170 Å². The highest BCUT2D eigenvalue weighted by Gasteiger charge is 2.36. The van der Waals surface area contributed by atoms with E-state index in [1.165, 1.54) is 5.56 Å². The number of hydrazone groups is 1. The summed E-state index contributed by atoms with van der Waals surface area (Å²) in [7, 11) is 0. The van der Waals surface area contributed by atoms with Crippen LogP contribution >= 0.6 is 0 Å². The molecule has 1 N–H and O–H groups in total. The average Bonchev–Trinajstić information content (AvgIpc) is 2.69. The normalized spacial score (nSPS) is 22.1. The van der Waals surface area contributed by atoms with Crippen molar-refractivity contribution in [1.29, 1.82) is 0 Å². The monoisotopic (exact) mass is 400 g/mol. The fourth-order valence-corrected chi connectivity index (χ4v) is 4.02. The number of hydrogen-bond acceptors (Lipinski definition) is 6. The van der Waals surface area contributed by atoms with Gasteiger partial charge in [0.25, 0.3) is 5.91 Å². The molecule has 4 rings (SSSR count). The van der Waals surface area contributed by atoms with Gasteiger partial charge in [-0.1, -0.05) is 6.07 Å². The van der Waals surface area contributed by atoms with Crippen LogP contribution in [0.4, 0.5) is 10.5 Å². The predicted molar refractivity (Wildman–Crippen MR) is 109 cm³/mol. The molecular weight excluding hydrogens is 372 g/mol. The molecule has 8 heteroatoms. The molecule has 0 unspecified atom stereocenters. The molecule has 0 aromatic heterocycles. The summed E-state index contributed by atoms with van der Waals surface area (Å²) >= 11 is 0. The van der Waals surface area contributed by atoms with Crippen molar-refractivity contribution in [2.45, 2.75) is 58.1 Å². The zero-order valence-electron chi connectivity index (χ0n) is 17.4. The first-order valence-corrected chi connectivity index (χ1v) is 10.1. The first-order chi connectivity index (χ1) is 13.7. The molecule has 1 aromatic carbocycles. The lowest BCUT2D eigenvalue weighted by atomic mass is 9.89. The lowest BCUT2D eigenvalue weighted by molar-refractivity contribution is -0.122. The molecule has 0 spiro atoms. The van der Waals surface area contributed by atoms with Crippen LogP contribution in [0.2, 0.25) is 0 Å². The first kappa shape index (κ1) is 19.5. The summed E-state index contributed by atoms with van der Waals surface area (Å²) in [4.78, 5) is 28.1. The predicted octanol–water partition coefficient (Wildman–Crippen LogP) is 2.83. The van der Waals surface area contributed by atoms with Gasteiger partial charge in [-0.3, -0.25) is 4.79 Å². The molecule has 1 saturated heterocycles. The topological polar surface area (TPSA) is 83.5 Å². The van der Waals surface area contributed by atoms with Crippen molar-refractivity contribution < 1.29 is 19.1 Å². The maximum atomic E-state index is 12.3. The summed E-state index contributed by atoms with van der Waals surface area (Å²) in [6, 6.07) is 5.83. The fourth-order valence-electron chi connectivity index (χ4n) is 4.02. The number of amides is 2. The van der Waals surface area contributed by atoms with Crippen molar-refractivity contribution in [3.63, 3.8) is 0 Å². The minimum atomic E-state index is -0.483. The highest BCUT2D eigenvalue weighted by Crippen LogP contribution is 2.39. The second-order valence-electron chi connectivity index (χ2n) is 8.81. The molecule has 0 saturated carbocycles. The number of amidine groups is 1. The number of hydrogen-bond donors (Lipinski definition) is 1. The van der Waals surface area contributed by atoms with E-state index in [0.29, 0.717) is 31.4 Å². The Morgan fingerprint density at radius 3 is 2.69 bits per heavy atom. The van der Waals surface area contributed by atoms with Crippen LogP contribution in [0.1, 0.15) is 52.0 Å². The molecule has 156 valence electrons. The molecule has 1 fully saturated rings. The third-order valence-corrected chi connectivity index (χ3v) is 5.56. The number of piperidine rings is 1. The van der Waals surface area contributed by atoms with Crippen molar-refractivity contribution in [2.75, 3.05) is 24.6 Å². The molecule has 8 nitrogen and oxygen atoms in total. The highest BCUT2D eigenvalue weighted by molar-refractivity contribution is 6.09. The van der Waals surface area contributed by atoms with Crippen molar-refractivity contribution in [2.24, 2.45) is 5.10 Å². The summed E-state index contributed by atoms with van der Waals surface area (Å²) < 4.78 is 11.3. The maximum Gasteiger partial charge on any atom is 0.410 e. The van der Waals surface area contributed by atoms with Crippen molar-refractivity contribution in [1.82, 2.24) is 10.3 Å². The lowest BCUT2D eigenvalue weighted by Crippen LogP contribution is -2.55. The van der Waals surface area contributed by atoms with E-state index >= 15 is 0 Å². The lowest BCUT2D eigenvalue weighted by Gasteiger charge is -2.39. The summed E-state index contributed by atoms with van der Waals surface area (Å²) in [5.41, 5.74) is 4.14. The summed E-state index contributed by atoms with van der Waals surface area (Å²) in [5, 5.41) is 4.14. The Kier molecular flexibility index (Phi) is 4.88. The fraction of sp³-hybridized carbons (Fsp3) is 0.571. The first-order valence-electron chi connectivity index (χ1n) is 10.1. The van der Waals surface area contributed by atoms with Crippen molar-refractivity contribution >= 4 is 23.5 Å². The van der Waals surface area contributed by atoms with Gasteiger partial charge in [0.15, 0.2) is 5.84 Å². The molecule has 2 amide bonds. The molecule has 0 bridgehead atoms. The van der Waals surface area contributed by atoms with E-state index in [1.54, 1.807) is 4.90 Å². The molecule has 3 aliphatic rings. The van der Waals surface area contributed by atoms with Crippen LogP contribution < -0.4 is 15.1 Å². The van der Waals surface area contributed by atoms with E-state index in [-0.39, 0.29) is 18.0 Å². The third kappa shape index (κ3) is 3.88. The van der Waals surface area contributed by atoms with Gasteiger partial charge < -0.3 is 19.3 Å². The van der Waals surface area contributed by atoms with Crippen LogP contribution in [0.25, 0.3) is 0 Å². The Morgan fingerprint density at radius 1 is 1.28 bits per heavy atom. The van der Waals surface area contributed by atoms with Gasteiger partial charge in [-0.25, -0.2) is 10.2 Å². The number of carbonyl (C=O) groups is 2. The minimum absolute atomic E-state index is 0.127. The number of anilines is 1. The molecule has 1 aromatic rings. The van der Waals surface area contributed by atoms with E-state index in [1.807, 2.05) is 38.7 Å². The van der Waals surface area contributed by atoms with E-state index < -0.39 is 5.60 Å². The second kappa shape index (κ2) is 7.24. The molecule has 0 aliphatic carbocycles. The smallest absolute Gasteiger partial charge is 0.410 e. The van der Waals surface area contributed by atoms with E-state index in [9.17, 15) is 9.59 Å². The van der Waals surface area contributed by atoms with Crippen LogP contribution in [0, 0.1) is 0 Å². The van der Waals surface area contributed by atoms with Gasteiger partial charge in [0.1, 0.15) is 24.0 Å². The zero-order chi connectivity index (χ0) is 20.8. The number of likely N-dealkylation sites (tertiary alicyclic amines) is 1. The highest BCUT2D eigenvalue weighted by atomic mass is 16.6. The molecular formula is C21H28N4O4. The van der Waals surface area contributed by atoms with Crippen LogP contribution in [0.3, 0.4) is 0 Å². The molecule has 3 heterocycles. The van der Waals surface area contributed by atoms with Gasteiger partial charge in [0.05, 0.1) is 5.69 Å². The Bertz CT molecular complexity index is 853. The van der Waals surface area contributed by atoms with Gasteiger partial charge in [-0.15, -0.1) is 0 Å². The Hall–Kier alpha value is -2.77. The number of carbonyl (C=O) groups excluding carboxylic acids is 2. The van der Waals surface area contributed by atoms with Crippen LogP contribution in [0.5, 0.6) is 5.75 Å².